The van der Waals surface area contributed by atoms with Gasteiger partial charge < -0.3 is 25.2 Å². The number of alkyl halides is 3. The molecule has 5 aromatic rings. The van der Waals surface area contributed by atoms with Crippen LogP contribution in [0.3, 0.4) is 0 Å². The lowest BCUT2D eigenvalue weighted by molar-refractivity contribution is -0.147. The number of nitrogens with zero attached hydrogens (tertiary/aromatic N) is 7. The van der Waals surface area contributed by atoms with Crippen molar-refractivity contribution in [3.05, 3.63) is 118 Å². The van der Waals surface area contributed by atoms with E-state index in [0.29, 0.717) is 76.6 Å². The highest BCUT2D eigenvalue weighted by Crippen LogP contribution is 2.33. The first kappa shape index (κ1) is 47.9. The van der Waals surface area contributed by atoms with E-state index in [9.17, 15) is 27.6 Å². The molecule has 356 valence electrons. The molecule has 2 unspecified atom stereocenters. The Kier molecular flexibility index (Phi) is 14.6. The Labute approximate surface area is 398 Å². The molecule has 0 aliphatic carbocycles. The van der Waals surface area contributed by atoms with Gasteiger partial charge in [-0.2, -0.15) is 22.9 Å². The van der Waals surface area contributed by atoms with E-state index in [0.717, 1.165) is 56.1 Å². The number of carbonyl (C=O) groups excluding carboxylic acids is 3. The highest BCUT2D eigenvalue weighted by Gasteiger charge is 2.42. The van der Waals surface area contributed by atoms with Crippen molar-refractivity contribution < 1.29 is 32.3 Å². The number of amidine groups is 1. The molecule has 17 heteroatoms. The number of aryl methyl sites for hydroxylation is 2. The maximum Gasteiger partial charge on any atom is 0.453 e. The quantitative estimate of drug-likeness (QED) is 0.119. The molecule has 68 heavy (non-hydrogen) atoms. The summed E-state index contributed by atoms with van der Waals surface area (Å²) in [5.74, 6) is 6.32. The van der Waals surface area contributed by atoms with Gasteiger partial charge in [-0.05, 0) is 90.5 Å². The number of carbonyl (C=O) groups is 3. The van der Waals surface area contributed by atoms with Gasteiger partial charge in [-0.1, -0.05) is 81.1 Å². The maximum absolute atomic E-state index is 14.0. The normalized spacial score (nSPS) is 16.9. The van der Waals surface area contributed by atoms with Gasteiger partial charge in [-0.25, -0.2) is 4.98 Å². The predicted molar refractivity (Wildman–Crippen MR) is 253 cm³/mol. The molecule has 3 aliphatic rings. The zero-order valence-electron chi connectivity index (χ0n) is 38.7. The standard InChI is InChI=1S/C51H56F3N9O4S/c1-33-45(68-32-56-33)39-17-15-35(16-18-39)30-55-47(65)41-9-7-27-62(41)48(66)46(50(2,3)4)57-44(64)10-6-5-8-34-11-13-36(14-12-34)31-67-40-21-19-37(20-22-40)38-25-28-61(29-26-38)43-24-23-42-58-59-49(51(52,53)54)63(42)60-43/h11-22,32,38,41,46H,6-7,9-10,23-31H2,1-4H3,(H,55,65)(H,57,64). The van der Waals surface area contributed by atoms with Gasteiger partial charge in [0.05, 0.1) is 16.1 Å². The van der Waals surface area contributed by atoms with E-state index >= 15 is 0 Å². The third-order valence-corrected chi connectivity index (χ3v) is 13.7. The predicted octanol–water partition coefficient (Wildman–Crippen LogP) is 8.27. The summed E-state index contributed by atoms with van der Waals surface area (Å²) >= 11 is 1.59. The molecular formula is C51H56F3N9O4S. The van der Waals surface area contributed by atoms with E-state index in [1.54, 1.807) is 16.2 Å². The molecule has 2 saturated heterocycles. The summed E-state index contributed by atoms with van der Waals surface area (Å²) in [6.07, 6.45) is -0.300. The number of nitrogens with one attached hydrogen (secondary N) is 2. The number of halogens is 3. The molecule has 3 amide bonds. The summed E-state index contributed by atoms with van der Waals surface area (Å²) in [6.45, 7) is 10.3. The summed E-state index contributed by atoms with van der Waals surface area (Å²) in [7, 11) is 0. The molecule has 0 spiro atoms. The highest BCUT2D eigenvalue weighted by atomic mass is 32.1. The topological polar surface area (TPSA) is 147 Å². The summed E-state index contributed by atoms with van der Waals surface area (Å²) in [4.78, 5) is 49.8. The Hall–Kier alpha value is -6.54. The summed E-state index contributed by atoms with van der Waals surface area (Å²) < 4.78 is 47.1. The molecular weight excluding hydrogens is 892 g/mol. The lowest BCUT2D eigenvalue weighted by Gasteiger charge is -2.35. The summed E-state index contributed by atoms with van der Waals surface area (Å²) in [6, 6.07) is 22.4. The summed E-state index contributed by atoms with van der Waals surface area (Å²) in [5, 5.41) is 17.3. The number of amides is 3. The molecule has 2 aromatic heterocycles. The molecule has 2 N–H and O–H groups in total. The van der Waals surface area contributed by atoms with Gasteiger partial charge in [0.25, 0.3) is 5.82 Å². The number of ether oxygens (including phenoxy) is 1. The van der Waals surface area contributed by atoms with Gasteiger partial charge in [0.2, 0.25) is 17.7 Å². The molecule has 5 heterocycles. The average molecular weight is 948 g/mol. The van der Waals surface area contributed by atoms with Gasteiger partial charge in [0, 0.05) is 57.4 Å². The van der Waals surface area contributed by atoms with Crippen LogP contribution < -0.4 is 15.4 Å². The second-order valence-corrected chi connectivity index (χ2v) is 19.5. The maximum atomic E-state index is 14.0. The lowest BCUT2D eigenvalue weighted by atomic mass is 9.85. The molecule has 0 bridgehead atoms. The van der Waals surface area contributed by atoms with Crippen LogP contribution in [0.4, 0.5) is 13.2 Å². The Morgan fingerprint density at radius 1 is 0.897 bits per heavy atom. The number of thiazole rings is 1. The van der Waals surface area contributed by atoms with Gasteiger partial charge in [0.1, 0.15) is 30.3 Å². The fourth-order valence-electron chi connectivity index (χ4n) is 8.87. The van der Waals surface area contributed by atoms with Crippen molar-refractivity contribution in [2.24, 2.45) is 10.5 Å². The van der Waals surface area contributed by atoms with Crippen LogP contribution in [0.25, 0.3) is 10.4 Å². The van der Waals surface area contributed by atoms with Crippen LogP contribution >= 0.6 is 11.3 Å². The third kappa shape index (κ3) is 11.6. The fourth-order valence-corrected chi connectivity index (χ4v) is 9.68. The molecule has 0 radical (unpaired) electrons. The van der Waals surface area contributed by atoms with Crippen molar-refractivity contribution in [1.29, 1.82) is 0 Å². The van der Waals surface area contributed by atoms with Crippen LogP contribution in [0.15, 0.2) is 83.4 Å². The van der Waals surface area contributed by atoms with Crippen molar-refractivity contribution in [1.82, 2.24) is 40.3 Å². The Morgan fingerprint density at radius 2 is 1.62 bits per heavy atom. The van der Waals surface area contributed by atoms with E-state index in [1.807, 2.05) is 93.9 Å². The number of fused-ring (bicyclic) bond motifs is 1. The van der Waals surface area contributed by atoms with Crippen molar-refractivity contribution >= 4 is 34.9 Å². The first-order valence-corrected chi connectivity index (χ1v) is 24.0. The van der Waals surface area contributed by atoms with Crippen molar-refractivity contribution in [3.8, 4) is 28.0 Å². The van der Waals surface area contributed by atoms with Gasteiger partial charge in [-0.15, -0.1) is 21.5 Å². The largest absolute Gasteiger partial charge is 0.489 e. The number of benzene rings is 3. The van der Waals surface area contributed by atoms with Crippen LogP contribution in [-0.4, -0.2) is 84.9 Å². The molecule has 8 rings (SSSR count). The van der Waals surface area contributed by atoms with Crippen LogP contribution in [0.5, 0.6) is 5.75 Å². The van der Waals surface area contributed by atoms with Gasteiger partial charge >= 0.3 is 6.18 Å². The first-order valence-electron chi connectivity index (χ1n) is 23.1. The minimum absolute atomic E-state index is 0.124. The number of likely N-dealkylation sites (tertiary alicyclic amines) is 2. The van der Waals surface area contributed by atoms with Crippen LogP contribution in [0.2, 0.25) is 0 Å². The van der Waals surface area contributed by atoms with Gasteiger partial charge in [0.15, 0.2) is 5.82 Å². The fraction of sp³-hybridized carbons (Fsp3) is 0.431. The number of hydrogen-bond donors (Lipinski definition) is 2. The first-order chi connectivity index (χ1) is 32.6. The van der Waals surface area contributed by atoms with Crippen LogP contribution in [0, 0.1) is 24.2 Å². The third-order valence-electron chi connectivity index (χ3n) is 12.7. The van der Waals surface area contributed by atoms with Crippen molar-refractivity contribution in [2.45, 2.75) is 116 Å². The zero-order chi connectivity index (χ0) is 48.0. The van der Waals surface area contributed by atoms with E-state index in [4.69, 9.17) is 4.74 Å². The number of piperidine rings is 1. The second kappa shape index (κ2) is 20.8. The lowest BCUT2D eigenvalue weighted by Crippen LogP contribution is -2.57. The molecule has 3 aromatic carbocycles. The van der Waals surface area contributed by atoms with E-state index in [-0.39, 0.29) is 30.0 Å². The Bertz CT molecular complexity index is 2670. The van der Waals surface area contributed by atoms with E-state index < -0.39 is 29.5 Å². The molecule has 13 nitrogen and oxygen atoms in total. The second-order valence-electron chi connectivity index (χ2n) is 18.6. The van der Waals surface area contributed by atoms with Crippen LogP contribution in [0.1, 0.15) is 111 Å². The van der Waals surface area contributed by atoms with Crippen molar-refractivity contribution in [2.75, 3.05) is 19.6 Å². The summed E-state index contributed by atoms with van der Waals surface area (Å²) in [5.41, 5.74) is 7.24. The SMILES string of the molecule is Cc1ncsc1-c1ccc(CNC(=O)C2CCCN2C(=O)C(NC(=O)CCC#Cc2ccc(COc3ccc(C4CCN(C5=Nn6c(nnc6C(F)(F)F)CC5)CC4)cc3)cc2)C(C)(C)C)cc1. The van der Waals surface area contributed by atoms with E-state index in [2.05, 4.69) is 59.8 Å². The minimum atomic E-state index is -4.61. The Balaban J connectivity index is 0.756. The van der Waals surface area contributed by atoms with E-state index in [1.165, 1.54) is 5.56 Å². The number of rotatable bonds is 12. The highest BCUT2D eigenvalue weighted by molar-refractivity contribution is 7.13. The molecule has 0 saturated carbocycles. The number of aromatic nitrogens is 4. The minimum Gasteiger partial charge on any atom is -0.489 e. The number of hydrogen-bond acceptors (Lipinski definition) is 10. The van der Waals surface area contributed by atoms with Gasteiger partial charge in [-0.3, -0.25) is 14.4 Å². The molecule has 2 fully saturated rings. The monoisotopic (exact) mass is 947 g/mol. The molecule has 3 aliphatic heterocycles. The van der Waals surface area contributed by atoms with Crippen molar-refractivity contribution in [3.63, 3.8) is 0 Å². The smallest absolute Gasteiger partial charge is 0.453 e. The molecule has 2 atom stereocenters. The average Bonchev–Trinajstić information content (AvgIpc) is 4.11. The Morgan fingerprint density at radius 3 is 2.29 bits per heavy atom. The zero-order valence-corrected chi connectivity index (χ0v) is 39.6. The van der Waals surface area contributed by atoms with Crippen LogP contribution in [-0.2, 0) is 40.1 Å².